The van der Waals surface area contributed by atoms with Crippen molar-refractivity contribution in [3.63, 3.8) is 0 Å². The molecule has 0 aliphatic carbocycles. The number of thiophene rings is 1. The molecule has 0 aromatic carbocycles. The van der Waals surface area contributed by atoms with Gasteiger partial charge in [0.05, 0.1) is 11.7 Å². The molecule has 7 nitrogen and oxygen atoms in total. The van der Waals surface area contributed by atoms with Crippen molar-refractivity contribution in [1.29, 1.82) is 0 Å². The van der Waals surface area contributed by atoms with E-state index in [1.54, 1.807) is 22.2 Å². The third-order valence-electron chi connectivity index (χ3n) is 3.47. The molecule has 3 rings (SSSR count). The summed E-state index contributed by atoms with van der Waals surface area (Å²) < 4.78 is 1.62. The van der Waals surface area contributed by atoms with Crippen LogP contribution in [0.15, 0.2) is 11.1 Å². The summed E-state index contributed by atoms with van der Waals surface area (Å²) in [6.45, 7) is 4.59. The first-order chi connectivity index (χ1) is 10.1. The second-order valence-electron chi connectivity index (χ2n) is 4.80. The van der Waals surface area contributed by atoms with Gasteiger partial charge in [-0.3, -0.25) is 14.5 Å². The minimum atomic E-state index is 0.00804. The van der Waals surface area contributed by atoms with E-state index in [2.05, 4.69) is 27.1 Å². The van der Waals surface area contributed by atoms with Gasteiger partial charge in [-0.15, -0.1) is 16.4 Å². The zero-order valence-corrected chi connectivity index (χ0v) is 12.7. The van der Waals surface area contributed by atoms with Crippen molar-refractivity contribution in [3.05, 3.63) is 32.9 Å². The Balaban J connectivity index is 1.96. The molecule has 3 heterocycles. The maximum Gasteiger partial charge on any atom is 0.262 e. The Morgan fingerprint density at radius 3 is 2.95 bits per heavy atom. The third kappa shape index (κ3) is 2.42. The normalized spacial score (nSPS) is 11.3. The minimum absolute atomic E-state index is 0.00804. The highest BCUT2D eigenvalue weighted by molar-refractivity contribution is 7.18. The molecule has 8 heteroatoms. The lowest BCUT2D eigenvalue weighted by atomic mass is 10.1. The number of nitrogen functional groups attached to an aromatic ring is 1. The van der Waals surface area contributed by atoms with E-state index >= 15 is 0 Å². The second-order valence-corrected chi connectivity index (χ2v) is 6.01. The largest absolute Gasteiger partial charge is 0.367 e. The van der Waals surface area contributed by atoms with Crippen LogP contribution in [0, 0.1) is 6.92 Å². The van der Waals surface area contributed by atoms with Gasteiger partial charge in [0.15, 0.2) is 0 Å². The predicted octanol–water partition coefficient (Wildman–Crippen LogP) is 1.27. The number of rotatable bonds is 4. The van der Waals surface area contributed by atoms with Crippen molar-refractivity contribution in [2.45, 2.75) is 33.2 Å². The maximum atomic E-state index is 12.6. The fourth-order valence-corrected chi connectivity index (χ4v) is 3.50. The predicted molar refractivity (Wildman–Crippen MR) is 82.5 cm³/mol. The molecule has 0 amide bonds. The summed E-state index contributed by atoms with van der Waals surface area (Å²) in [6, 6.07) is 0. The summed E-state index contributed by atoms with van der Waals surface area (Å²) in [7, 11) is 0. The third-order valence-corrected chi connectivity index (χ3v) is 4.53. The molecule has 3 N–H and O–H groups in total. The Bertz CT molecular complexity index is 846. The first kappa shape index (κ1) is 13.7. The monoisotopic (exact) mass is 304 g/mol. The van der Waals surface area contributed by atoms with Crippen molar-refractivity contribution in [2.75, 3.05) is 5.73 Å². The number of fused-ring (bicyclic) bond motifs is 1. The molecular weight excluding hydrogens is 288 g/mol. The van der Waals surface area contributed by atoms with Crippen LogP contribution in [0.1, 0.15) is 23.2 Å². The van der Waals surface area contributed by atoms with E-state index < -0.39 is 0 Å². The van der Waals surface area contributed by atoms with Gasteiger partial charge < -0.3 is 5.73 Å². The highest BCUT2D eigenvalue weighted by Gasteiger charge is 2.14. The van der Waals surface area contributed by atoms with Crippen LogP contribution in [-0.2, 0) is 19.4 Å². The molecule has 0 saturated heterocycles. The number of aromatic amines is 1. The average Bonchev–Trinajstić information content (AvgIpc) is 3.01. The van der Waals surface area contributed by atoms with Crippen molar-refractivity contribution < 1.29 is 0 Å². The van der Waals surface area contributed by atoms with Crippen LogP contribution in [0.4, 0.5) is 5.95 Å². The zero-order valence-electron chi connectivity index (χ0n) is 11.9. The van der Waals surface area contributed by atoms with E-state index in [9.17, 15) is 4.79 Å². The standard InChI is InChI=1S/C13H16N6OS/c1-3-8-7(2)21-11-10(8)12(20)19(6-15-11)5-4-9-16-13(14)18-17-9/h6H,3-5H2,1-2H3,(H3,14,16,17,18). The lowest BCUT2D eigenvalue weighted by Gasteiger charge is -2.04. The van der Waals surface area contributed by atoms with Gasteiger partial charge >= 0.3 is 0 Å². The summed E-state index contributed by atoms with van der Waals surface area (Å²) in [5.41, 5.74) is 6.57. The summed E-state index contributed by atoms with van der Waals surface area (Å²) >= 11 is 1.57. The smallest absolute Gasteiger partial charge is 0.262 e. The fourth-order valence-electron chi connectivity index (χ4n) is 2.43. The average molecular weight is 304 g/mol. The van der Waals surface area contributed by atoms with Gasteiger partial charge in [0.25, 0.3) is 5.56 Å². The summed E-state index contributed by atoms with van der Waals surface area (Å²) in [5, 5.41) is 7.26. The Morgan fingerprint density at radius 2 is 2.29 bits per heavy atom. The molecule has 0 atom stereocenters. The molecule has 0 fully saturated rings. The summed E-state index contributed by atoms with van der Waals surface area (Å²) in [5.74, 6) is 0.879. The molecule has 0 unspecified atom stereocenters. The zero-order chi connectivity index (χ0) is 15.0. The lowest BCUT2D eigenvalue weighted by Crippen LogP contribution is -2.22. The Hall–Kier alpha value is -2.22. The van der Waals surface area contributed by atoms with Crippen LogP contribution >= 0.6 is 11.3 Å². The van der Waals surface area contributed by atoms with E-state index in [1.807, 2.05) is 6.92 Å². The number of aryl methyl sites for hydroxylation is 4. The molecular formula is C13H16N6OS. The molecule has 3 aromatic heterocycles. The Labute approximate surface area is 124 Å². The first-order valence-corrected chi connectivity index (χ1v) is 7.56. The number of nitrogens with one attached hydrogen (secondary N) is 1. The Morgan fingerprint density at radius 1 is 1.48 bits per heavy atom. The maximum absolute atomic E-state index is 12.6. The number of nitrogens with zero attached hydrogens (tertiary/aromatic N) is 4. The minimum Gasteiger partial charge on any atom is -0.367 e. The highest BCUT2D eigenvalue weighted by Crippen LogP contribution is 2.26. The number of H-pyrrole nitrogens is 1. The van der Waals surface area contributed by atoms with E-state index in [-0.39, 0.29) is 11.5 Å². The van der Waals surface area contributed by atoms with Gasteiger partial charge in [-0.2, -0.15) is 4.98 Å². The van der Waals surface area contributed by atoms with E-state index in [0.717, 1.165) is 27.1 Å². The van der Waals surface area contributed by atoms with Crippen LogP contribution in [0.3, 0.4) is 0 Å². The summed E-state index contributed by atoms with van der Waals surface area (Å²) in [4.78, 5) is 23.0. The van der Waals surface area contributed by atoms with Crippen LogP contribution in [0.5, 0.6) is 0 Å². The van der Waals surface area contributed by atoms with Crippen LogP contribution in [0.25, 0.3) is 10.2 Å². The lowest BCUT2D eigenvalue weighted by molar-refractivity contribution is 0.644. The van der Waals surface area contributed by atoms with E-state index in [1.165, 1.54) is 0 Å². The number of hydrogen-bond donors (Lipinski definition) is 2. The topological polar surface area (TPSA) is 102 Å². The molecule has 0 saturated carbocycles. The van der Waals surface area contributed by atoms with Gasteiger partial charge in [-0.05, 0) is 18.9 Å². The molecule has 3 aromatic rings. The molecule has 0 spiro atoms. The fraction of sp³-hybridized carbons (Fsp3) is 0.385. The first-order valence-electron chi connectivity index (χ1n) is 6.74. The Kier molecular flexibility index (Phi) is 3.46. The molecule has 0 bridgehead atoms. The number of hydrogen-bond acceptors (Lipinski definition) is 6. The van der Waals surface area contributed by atoms with Crippen molar-refractivity contribution in [2.24, 2.45) is 0 Å². The van der Waals surface area contributed by atoms with Gasteiger partial charge in [0.1, 0.15) is 10.7 Å². The van der Waals surface area contributed by atoms with Gasteiger partial charge in [-0.25, -0.2) is 4.98 Å². The molecule has 110 valence electrons. The van der Waals surface area contributed by atoms with Crippen LogP contribution in [-0.4, -0.2) is 24.7 Å². The number of nitrogens with two attached hydrogens (primary N) is 1. The molecule has 0 aliphatic rings. The van der Waals surface area contributed by atoms with Crippen molar-refractivity contribution in [3.8, 4) is 0 Å². The molecule has 0 radical (unpaired) electrons. The quantitative estimate of drug-likeness (QED) is 0.755. The van der Waals surface area contributed by atoms with Gasteiger partial charge in [0.2, 0.25) is 5.95 Å². The summed E-state index contributed by atoms with van der Waals surface area (Å²) in [6.07, 6.45) is 2.99. The number of aromatic nitrogens is 5. The van der Waals surface area contributed by atoms with E-state index in [0.29, 0.717) is 18.8 Å². The SMILES string of the molecule is CCc1c(C)sc2ncn(CCc3nc(N)n[nH]3)c(=O)c12. The van der Waals surface area contributed by atoms with E-state index in [4.69, 9.17) is 5.73 Å². The highest BCUT2D eigenvalue weighted by atomic mass is 32.1. The second kappa shape index (κ2) is 5.28. The number of anilines is 1. The van der Waals surface area contributed by atoms with Gasteiger partial charge in [-0.1, -0.05) is 6.92 Å². The van der Waals surface area contributed by atoms with Gasteiger partial charge in [0, 0.05) is 17.8 Å². The van der Waals surface area contributed by atoms with Crippen LogP contribution < -0.4 is 11.3 Å². The molecule has 0 aliphatic heterocycles. The molecule has 21 heavy (non-hydrogen) atoms. The van der Waals surface area contributed by atoms with Crippen molar-refractivity contribution >= 4 is 27.5 Å². The van der Waals surface area contributed by atoms with Crippen molar-refractivity contribution in [1.82, 2.24) is 24.7 Å². The van der Waals surface area contributed by atoms with Crippen LogP contribution in [0.2, 0.25) is 0 Å².